The molecule has 142 valence electrons. The molecule has 1 heterocycles. The van der Waals surface area contributed by atoms with Crippen molar-refractivity contribution >= 4 is 11.8 Å². The quantitative estimate of drug-likeness (QED) is 0.832. The third-order valence-corrected chi connectivity index (χ3v) is 5.95. The van der Waals surface area contributed by atoms with E-state index in [1.54, 1.807) is 0 Å². The lowest BCUT2D eigenvalue weighted by Crippen LogP contribution is -2.46. The van der Waals surface area contributed by atoms with Gasteiger partial charge in [-0.2, -0.15) is 0 Å². The molecule has 1 aromatic rings. The Hall–Kier alpha value is -1.84. The van der Waals surface area contributed by atoms with Crippen LogP contribution >= 0.6 is 0 Å². The molecule has 1 aliphatic heterocycles. The number of carbonyl (C=O) groups excluding carboxylic acids is 2. The van der Waals surface area contributed by atoms with Gasteiger partial charge in [0, 0.05) is 31.1 Å². The molecular formula is C22H32N2O2. The first-order chi connectivity index (χ1) is 12.7. The van der Waals surface area contributed by atoms with Gasteiger partial charge < -0.3 is 10.2 Å². The summed E-state index contributed by atoms with van der Waals surface area (Å²) >= 11 is 0. The molecular weight excluding hydrogens is 324 g/mol. The fourth-order valence-corrected chi connectivity index (χ4v) is 4.31. The predicted octanol–water partition coefficient (Wildman–Crippen LogP) is 4.16. The lowest BCUT2D eigenvalue weighted by atomic mass is 9.86. The highest BCUT2D eigenvalue weighted by molar-refractivity contribution is 5.94. The van der Waals surface area contributed by atoms with Crippen molar-refractivity contribution in [3.8, 4) is 0 Å². The van der Waals surface area contributed by atoms with E-state index >= 15 is 0 Å². The summed E-state index contributed by atoms with van der Waals surface area (Å²) < 4.78 is 0. The van der Waals surface area contributed by atoms with Crippen LogP contribution < -0.4 is 5.32 Å². The predicted molar refractivity (Wildman–Crippen MR) is 104 cm³/mol. The van der Waals surface area contributed by atoms with E-state index in [4.69, 9.17) is 0 Å². The van der Waals surface area contributed by atoms with Gasteiger partial charge in [0.05, 0.1) is 0 Å². The SMILES string of the molecule is O=C(NC1CCN(C(=O)CCCC2CCCCC2)CC1)c1ccccc1. The fourth-order valence-electron chi connectivity index (χ4n) is 4.31. The van der Waals surface area contributed by atoms with Gasteiger partial charge in [-0.25, -0.2) is 0 Å². The van der Waals surface area contributed by atoms with Crippen molar-refractivity contribution in [1.29, 1.82) is 0 Å². The molecule has 0 radical (unpaired) electrons. The van der Waals surface area contributed by atoms with Gasteiger partial charge in [0.15, 0.2) is 0 Å². The van der Waals surface area contributed by atoms with Crippen molar-refractivity contribution in [2.24, 2.45) is 5.92 Å². The minimum absolute atomic E-state index is 0.0112. The van der Waals surface area contributed by atoms with E-state index in [0.717, 1.165) is 38.3 Å². The van der Waals surface area contributed by atoms with Crippen LogP contribution in [0.15, 0.2) is 30.3 Å². The van der Waals surface area contributed by atoms with Crippen LogP contribution in [-0.4, -0.2) is 35.8 Å². The van der Waals surface area contributed by atoms with Crippen LogP contribution in [0.5, 0.6) is 0 Å². The van der Waals surface area contributed by atoms with Crippen molar-refractivity contribution in [3.63, 3.8) is 0 Å². The molecule has 0 bridgehead atoms. The van der Waals surface area contributed by atoms with Crippen LogP contribution in [0.3, 0.4) is 0 Å². The molecule has 4 heteroatoms. The van der Waals surface area contributed by atoms with Gasteiger partial charge in [-0.15, -0.1) is 0 Å². The number of nitrogens with one attached hydrogen (secondary N) is 1. The minimum atomic E-state index is -0.0112. The van der Waals surface area contributed by atoms with Gasteiger partial charge in [-0.1, -0.05) is 50.3 Å². The maximum atomic E-state index is 12.4. The Kier molecular flexibility index (Phi) is 7.10. The minimum Gasteiger partial charge on any atom is -0.349 e. The normalized spacial score (nSPS) is 19.3. The second-order valence-electron chi connectivity index (χ2n) is 7.89. The molecule has 1 aromatic carbocycles. The molecule has 1 saturated carbocycles. The number of benzene rings is 1. The Morgan fingerprint density at radius 1 is 0.962 bits per heavy atom. The van der Waals surface area contributed by atoms with Gasteiger partial charge in [-0.3, -0.25) is 9.59 Å². The second-order valence-corrected chi connectivity index (χ2v) is 7.89. The van der Waals surface area contributed by atoms with Crippen LogP contribution in [0.25, 0.3) is 0 Å². The molecule has 26 heavy (non-hydrogen) atoms. The number of likely N-dealkylation sites (tertiary alicyclic amines) is 1. The molecule has 0 atom stereocenters. The van der Waals surface area contributed by atoms with E-state index in [1.165, 1.54) is 38.5 Å². The molecule has 4 nitrogen and oxygen atoms in total. The summed E-state index contributed by atoms with van der Waals surface area (Å²) in [4.78, 5) is 26.6. The molecule has 0 unspecified atom stereocenters. The zero-order chi connectivity index (χ0) is 18.2. The van der Waals surface area contributed by atoms with Gasteiger partial charge in [-0.05, 0) is 43.7 Å². The number of hydrogen-bond acceptors (Lipinski definition) is 2. The van der Waals surface area contributed by atoms with Gasteiger partial charge in [0.2, 0.25) is 5.91 Å². The van der Waals surface area contributed by atoms with Gasteiger partial charge in [0.25, 0.3) is 5.91 Å². The van der Waals surface area contributed by atoms with E-state index in [1.807, 2.05) is 35.2 Å². The molecule has 3 rings (SSSR count). The third kappa shape index (κ3) is 5.58. The zero-order valence-corrected chi connectivity index (χ0v) is 15.8. The average molecular weight is 357 g/mol. The Morgan fingerprint density at radius 2 is 1.65 bits per heavy atom. The molecule has 0 spiro atoms. The van der Waals surface area contributed by atoms with Crippen LogP contribution in [-0.2, 0) is 4.79 Å². The van der Waals surface area contributed by atoms with Crippen LogP contribution in [0.1, 0.15) is 74.6 Å². The first-order valence-electron chi connectivity index (χ1n) is 10.4. The topological polar surface area (TPSA) is 49.4 Å². The number of hydrogen-bond donors (Lipinski definition) is 1. The van der Waals surface area contributed by atoms with Crippen molar-refractivity contribution in [2.75, 3.05) is 13.1 Å². The Morgan fingerprint density at radius 3 is 2.35 bits per heavy atom. The summed E-state index contributed by atoms with van der Waals surface area (Å²) in [5.74, 6) is 1.15. The lowest BCUT2D eigenvalue weighted by Gasteiger charge is -2.32. The van der Waals surface area contributed by atoms with E-state index in [9.17, 15) is 9.59 Å². The number of nitrogens with zero attached hydrogens (tertiary/aromatic N) is 1. The standard InChI is InChI=1S/C22H32N2O2/c25-21(13-7-10-18-8-3-1-4-9-18)24-16-14-20(15-17-24)23-22(26)19-11-5-2-6-12-19/h2,5-6,11-12,18,20H,1,3-4,7-10,13-17H2,(H,23,26). The van der Waals surface area contributed by atoms with Crippen molar-refractivity contribution in [1.82, 2.24) is 10.2 Å². The second kappa shape index (κ2) is 9.75. The van der Waals surface area contributed by atoms with Crippen molar-refractivity contribution in [2.45, 2.75) is 70.3 Å². The summed E-state index contributed by atoms with van der Waals surface area (Å²) in [6, 6.07) is 9.51. The maximum absolute atomic E-state index is 12.4. The Balaban J connectivity index is 1.33. The highest BCUT2D eigenvalue weighted by Crippen LogP contribution is 2.28. The average Bonchev–Trinajstić information content (AvgIpc) is 2.70. The van der Waals surface area contributed by atoms with Gasteiger partial charge >= 0.3 is 0 Å². The van der Waals surface area contributed by atoms with E-state index in [0.29, 0.717) is 17.9 Å². The molecule has 1 aliphatic carbocycles. The van der Waals surface area contributed by atoms with E-state index < -0.39 is 0 Å². The zero-order valence-electron chi connectivity index (χ0n) is 15.8. The van der Waals surface area contributed by atoms with Crippen molar-refractivity contribution < 1.29 is 9.59 Å². The van der Waals surface area contributed by atoms with E-state index in [2.05, 4.69) is 5.32 Å². The summed E-state index contributed by atoms with van der Waals surface area (Å²) in [7, 11) is 0. The van der Waals surface area contributed by atoms with E-state index in [-0.39, 0.29) is 11.9 Å². The van der Waals surface area contributed by atoms with Crippen LogP contribution in [0, 0.1) is 5.92 Å². The third-order valence-electron chi connectivity index (χ3n) is 5.95. The molecule has 1 N–H and O–H groups in total. The molecule has 2 fully saturated rings. The molecule has 1 saturated heterocycles. The lowest BCUT2D eigenvalue weighted by molar-refractivity contribution is -0.132. The maximum Gasteiger partial charge on any atom is 0.251 e. The Labute approximate surface area is 157 Å². The smallest absolute Gasteiger partial charge is 0.251 e. The fraction of sp³-hybridized carbons (Fsp3) is 0.636. The molecule has 2 amide bonds. The summed E-state index contributed by atoms with van der Waals surface area (Å²) in [5, 5.41) is 3.10. The molecule has 0 aromatic heterocycles. The number of amides is 2. The first-order valence-corrected chi connectivity index (χ1v) is 10.4. The van der Waals surface area contributed by atoms with Gasteiger partial charge in [0.1, 0.15) is 0 Å². The van der Waals surface area contributed by atoms with Crippen LogP contribution in [0.4, 0.5) is 0 Å². The molecule has 2 aliphatic rings. The largest absolute Gasteiger partial charge is 0.349 e. The highest BCUT2D eigenvalue weighted by atomic mass is 16.2. The highest BCUT2D eigenvalue weighted by Gasteiger charge is 2.24. The number of piperidine rings is 1. The summed E-state index contributed by atoms with van der Waals surface area (Å²) in [5.41, 5.74) is 0.703. The summed E-state index contributed by atoms with van der Waals surface area (Å²) in [6.45, 7) is 1.53. The number of carbonyl (C=O) groups is 2. The van der Waals surface area contributed by atoms with Crippen molar-refractivity contribution in [3.05, 3.63) is 35.9 Å². The Bertz CT molecular complexity index is 573. The monoisotopic (exact) mass is 356 g/mol. The number of rotatable bonds is 6. The summed E-state index contributed by atoms with van der Waals surface area (Å²) in [6.07, 6.45) is 11.5. The first kappa shape index (κ1) is 18.9. The van der Waals surface area contributed by atoms with Crippen LogP contribution in [0.2, 0.25) is 0 Å².